The average Bonchev–Trinajstić information content (AvgIpc) is 3.51. The van der Waals surface area contributed by atoms with E-state index in [0.29, 0.717) is 5.75 Å². The molecular formula is C26H51N2O3SSiZr. The van der Waals surface area contributed by atoms with Crippen LogP contribution in [0, 0.1) is 19.3 Å². The summed E-state index contributed by atoms with van der Waals surface area (Å²) in [6, 6.07) is 0. The van der Waals surface area contributed by atoms with Gasteiger partial charge in [-0.2, -0.15) is 23.8 Å². The maximum atomic E-state index is 8.36. The van der Waals surface area contributed by atoms with Gasteiger partial charge >= 0.3 is 26.2 Å². The summed E-state index contributed by atoms with van der Waals surface area (Å²) in [5, 5.41) is 24.8. The number of allylic oxidation sites excluding steroid dienone is 4. The molecule has 1 unspecified atom stereocenters. The zero-order chi connectivity index (χ0) is 25.5. The van der Waals surface area contributed by atoms with Crippen molar-refractivity contribution in [3.05, 3.63) is 36.0 Å². The number of aliphatic hydroxyl groups is 3. The molecule has 0 amide bonds. The first kappa shape index (κ1) is 36.9. The number of rotatable bonds is 6. The Balaban J connectivity index is 0. The summed E-state index contributed by atoms with van der Waals surface area (Å²) in [7, 11) is -1.18. The number of thiol groups is 1. The predicted molar refractivity (Wildman–Crippen MR) is 147 cm³/mol. The molecule has 2 fully saturated rings. The zero-order valence-electron chi connectivity index (χ0n) is 22.8. The first-order chi connectivity index (χ1) is 15.5. The van der Waals surface area contributed by atoms with Crippen molar-refractivity contribution < 1.29 is 41.5 Å². The van der Waals surface area contributed by atoms with Crippen molar-refractivity contribution in [2.24, 2.45) is 0 Å². The molecule has 5 nitrogen and oxygen atoms in total. The first-order valence-electron chi connectivity index (χ1n) is 12.4. The molecule has 0 bridgehead atoms. The molecule has 1 aliphatic carbocycles. The molecule has 2 heterocycles. The summed E-state index contributed by atoms with van der Waals surface area (Å²) in [6.45, 7) is 25.1. The Morgan fingerprint density at radius 1 is 0.912 bits per heavy atom. The van der Waals surface area contributed by atoms with Crippen LogP contribution in [0.15, 0.2) is 16.7 Å². The van der Waals surface area contributed by atoms with Crippen LogP contribution in [0.2, 0.25) is 24.7 Å². The Morgan fingerprint density at radius 3 is 1.44 bits per heavy atom. The molecule has 3 N–H and O–H groups in total. The standard InChI is InChI=1S/C12H21Si.2C6H12NO.C2H6OS.Zr/c1-9-8-12(4,13(5,6)7)11(3)10(9)2;2*8-6-5-7-3-1-2-4-7;3-1-2-4;/h1-7H3;2*6,8H,1-5H2;3-4H,1-2H2;/q3*-1;;+3. The van der Waals surface area contributed by atoms with Crippen molar-refractivity contribution in [2.75, 3.05) is 51.6 Å². The SMILES string of the molecule is CC1=[C-]C(C)([Si](C)(C)C)C(C)=C1C.OCCS.O[CH-]CN1CCCC1.O[CH-]CN1CCCC1.[Zr+3]. The van der Waals surface area contributed by atoms with E-state index in [1.54, 1.807) is 5.57 Å². The second-order valence-electron chi connectivity index (χ2n) is 10.2. The van der Waals surface area contributed by atoms with Gasteiger partial charge in [-0.1, -0.05) is 45.5 Å². The molecule has 8 heteroatoms. The van der Waals surface area contributed by atoms with Gasteiger partial charge in [-0.15, -0.1) is 20.0 Å². The molecule has 0 saturated carbocycles. The van der Waals surface area contributed by atoms with Crippen LogP contribution in [0.3, 0.4) is 0 Å². The summed E-state index contributed by atoms with van der Waals surface area (Å²) in [6.07, 6.45) is 8.87. The number of nitrogens with zero attached hydrogens (tertiary/aromatic N) is 2. The van der Waals surface area contributed by atoms with Crippen LogP contribution >= 0.6 is 12.6 Å². The largest absolute Gasteiger partial charge is 3.00 e. The maximum Gasteiger partial charge on any atom is 3.00 e. The number of hydrogen-bond donors (Lipinski definition) is 4. The summed E-state index contributed by atoms with van der Waals surface area (Å²) in [5.41, 5.74) is 4.37. The van der Waals surface area contributed by atoms with Gasteiger partial charge in [0.25, 0.3) is 0 Å². The third-order valence-electron chi connectivity index (χ3n) is 6.99. The Morgan fingerprint density at radius 2 is 1.26 bits per heavy atom. The fourth-order valence-electron chi connectivity index (χ4n) is 4.13. The minimum absolute atomic E-state index is 0. The smallest absolute Gasteiger partial charge is 0.565 e. The minimum atomic E-state index is -1.18. The summed E-state index contributed by atoms with van der Waals surface area (Å²) >= 11 is 3.67. The third kappa shape index (κ3) is 13.3. The molecule has 3 rings (SSSR count). The first-order valence-corrected chi connectivity index (χ1v) is 16.5. The van der Waals surface area contributed by atoms with Crippen molar-refractivity contribution >= 4 is 20.7 Å². The van der Waals surface area contributed by atoms with Crippen molar-refractivity contribution in [1.29, 1.82) is 0 Å². The van der Waals surface area contributed by atoms with Gasteiger partial charge in [-0.25, -0.2) is 18.8 Å². The maximum absolute atomic E-state index is 8.36. The molecule has 0 aromatic heterocycles. The number of aliphatic hydroxyl groups excluding tert-OH is 3. The molecule has 197 valence electrons. The van der Waals surface area contributed by atoms with Gasteiger partial charge in [0, 0.05) is 13.8 Å². The summed E-state index contributed by atoms with van der Waals surface area (Å²) in [5.74, 6) is 0.569. The monoisotopic (exact) mass is 589 g/mol. The molecule has 34 heavy (non-hydrogen) atoms. The van der Waals surface area contributed by atoms with Crippen LogP contribution in [0.5, 0.6) is 0 Å². The van der Waals surface area contributed by atoms with Crippen molar-refractivity contribution in [1.82, 2.24) is 9.80 Å². The molecule has 0 aromatic carbocycles. The van der Waals surface area contributed by atoms with Crippen LogP contribution in [0.1, 0.15) is 53.4 Å². The quantitative estimate of drug-likeness (QED) is 0.192. The van der Waals surface area contributed by atoms with Gasteiger partial charge in [0.15, 0.2) is 0 Å². The van der Waals surface area contributed by atoms with Gasteiger partial charge in [0.2, 0.25) is 0 Å². The second kappa shape index (κ2) is 19.8. The normalized spacial score (nSPS) is 22.6. The Labute approximate surface area is 236 Å². The van der Waals surface area contributed by atoms with Crippen LogP contribution < -0.4 is 0 Å². The second-order valence-corrected chi connectivity index (χ2v) is 16.2. The van der Waals surface area contributed by atoms with Gasteiger partial charge in [-0.3, -0.25) is 6.08 Å². The van der Waals surface area contributed by atoms with E-state index in [4.69, 9.17) is 15.3 Å². The number of hydrogen-bond acceptors (Lipinski definition) is 6. The van der Waals surface area contributed by atoms with Crippen LogP contribution in [0.25, 0.3) is 0 Å². The molecule has 2 aliphatic heterocycles. The summed E-state index contributed by atoms with van der Waals surface area (Å²) < 4.78 is 0. The van der Waals surface area contributed by atoms with Crippen molar-refractivity contribution in [2.45, 2.75) is 78.1 Å². The van der Waals surface area contributed by atoms with E-state index in [1.807, 2.05) is 0 Å². The van der Waals surface area contributed by atoms with Crippen molar-refractivity contribution in [3.8, 4) is 0 Å². The molecule has 1 atom stereocenters. The van der Waals surface area contributed by atoms with Gasteiger partial charge in [0.1, 0.15) is 0 Å². The summed E-state index contributed by atoms with van der Waals surface area (Å²) in [4.78, 5) is 4.47. The molecule has 3 aliphatic rings. The number of likely N-dealkylation sites (tertiary alicyclic amines) is 2. The Kier molecular flexibility index (Phi) is 21.5. The average molecular weight is 591 g/mol. The minimum Gasteiger partial charge on any atom is -0.565 e. The van der Waals surface area contributed by atoms with Crippen molar-refractivity contribution in [3.63, 3.8) is 0 Å². The fourth-order valence-corrected chi connectivity index (χ4v) is 6.01. The third-order valence-corrected chi connectivity index (χ3v) is 10.7. The van der Waals surface area contributed by atoms with E-state index in [9.17, 15) is 0 Å². The van der Waals surface area contributed by atoms with E-state index < -0.39 is 8.07 Å². The van der Waals surface area contributed by atoms with E-state index in [0.717, 1.165) is 39.3 Å². The molecular weight excluding hydrogens is 540 g/mol. The van der Waals surface area contributed by atoms with Crippen LogP contribution in [-0.2, 0) is 26.2 Å². The van der Waals surface area contributed by atoms with Crippen LogP contribution in [-0.4, -0.2) is 84.8 Å². The predicted octanol–water partition coefficient (Wildman–Crippen LogP) is 5.32. The topological polar surface area (TPSA) is 67.2 Å². The Bertz CT molecular complexity index is 567. The molecule has 1 radical (unpaired) electrons. The fraction of sp³-hybridized carbons (Fsp3) is 0.769. The van der Waals surface area contributed by atoms with E-state index in [1.165, 1.54) is 50.0 Å². The van der Waals surface area contributed by atoms with Gasteiger partial charge < -0.3 is 25.1 Å². The van der Waals surface area contributed by atoms with Crippen LogP contribution in [0.4, 0.5) is 0 Å². The molecule has 0 aromatic rings. The van der Waals surface area contributed by atoms with E-state index >= 15 is 0 Å². The van der Waals surface area contributed by atoms with Gasteiger partial charge in [0.05, 0.1) is 6.61 Å². The van der Waals surface area contributed by atoms with E-state index in [2.05, 4.69) is 75.8 Å². The zero-order valence-corrected chi connectivity index (χ0v) is 27.2. The molecule has 0 spiro atoms. The van der Waals surface area contributed by atoms with E-state index in [-0.39, 0.29) is 37.8 Å². The molecule has 2 saturated heterocycles. The Hall–Kier alpha value is 0.730. The van der Waals surface area contributed by atoms with Gasteiger partial charge in [-0.05, 0) is 51.9 Å².